The predicted octanol–water partition coefficient (Wildman–Crippen LogP) is 1.74. The fourth-order valence-electron chi connectivity index (χ4n) is 3.19. The van der Waals surface area contributed by atoms with Gasteiger partial charge in [-0.25, -0.2) is 4.79 Å². The van der Waals surface area contributed by atoms with E-state index in [9.17, 15) is 9.90 Å². The van der Waals surface area contributed by atoms with Gasteiger partial charge in [-0.3, -0.25) is 14.6 Å². The van der Waals surface area contributed by atoms with Crippen molar-refractivity contribution in [1.82, 2.24) is 25.1 Å². The van der Waals surface area contributed by atoms with Gasteiger partial charge in [-0.05, 0) is 32.6 Å². The summed E-state index contributed by atoms with van der Waals surface area (Å²) in [6.45, 7) is 5.39. The Labute approximate surface area is 141 Å². The van der Waals surface area contributed by atoms with Gasteiger partial charge in [0.25, 0.3) is 0 Å². The molecule has 0 radical (unpaired) electrons. The number of carbonyl (C=O) groups is 1. The molecule has 0 bridgehead atoms. The number of rotatable bonds is 6. The van der Waals surface area contributed by atoms with Gasteiger partial charge in [0.1, 0.15) is 0 Å². The highest BCUT2D eigenvalue weighted by atomic mass is 16.4. The predicted molar refractivity (Wildman–Crippen MR) is 88.9 cm³/mol. The van der Waals surface area contributed by atoms with Crippen LogP contribution in [0.15, 0.2) is 12.4 Å². The quantitative estimate of drug-likeness (QED) is 0.838. The summed E-state index contributed by atoms with van der Waals surface area (Å²) in [6, 6.07) is 0.234. The summed E-state index contributed by atoms with van der Waals surface area (Å²) < 4.78 is 1.88. The van der Waals surface area contributed by atoms with Crippen molar-refractivity contribution in [2.24, 2.45) is 0 Å². The molecule has 1 aliphatic rings. The number of aromatic nitrogens is 4. The number of nitrogens with one attached hydrogen (secondary N) is 1. The molecule has 0 fully saturated rings. The van der Waals surface area contributed by atoms with Crippen LogP contribution in [0.1, 0.15) is 52.9 Å². The first kappa shape index (κ1) is 16.6. The minimum Gasteiger partial charge on any atom is -0.476 e. The molecular formula is C17H23N5O2. The first-order valence-electron chi connectivity index (χ1n) is 8.41. The highest BCUT2D eigenvalue weighted by Crippen LogP contribution is 2.25. The third kappa shape index (κ3) is 3.46. The molecule has 0 spiro atoms. The molecule has 0 saturated heterocycles. The number of carboxylic acids is 1. The number of hydrogen-bond acceptors (Lipinski definition) is 5. The Morgan fingerprint density at radius 2 is 2.25 bits per heavy atom. The van der Waals surface area contributed by atoms with Gasteiger partial charge in [-0.1, -0.05) is 6.92 Å². The minimum absolute atomic E-state index is 0.208. The summed E-state index contributed by atoms with van der Waals surface area (Å²) in [5, 5.41) is 17.2. The summed E-state index contributed by atoms with van der Waals surface area (Å²) in [4.78, 5) is 20.1. The zero-order valence-corrected chi connectivity index (χ0v) is 14.1. The summed E-state index contributed by atoms with van der Waals surface area (Å²) in [6.07, 6.45) is 7.00. The first-order valence-corrected chi connectivity index (χ1v) is 8.41. The van der Waals surface area contributed by atoms with E-state index in [2.05, 4.69) is 27.3 Å². The maximum atomic E-state index is 11.5. The Kier molecular flexibility index (Phi) is 4.89. The summed E-state index contributed by atoms with van der Waals surface area (Å²) in [7, 11) is 0. The number of fused-ring (bicyclic) bond motifs is 1. The van der Waals surface area contributed by atoms with Crippen molar-refractivity contribution in [3.05, 3.63) is 40.7 Å². The van der Waals surface area contributed by atoms with Gasteiger partial charge in [0.2, 0.25) is 0 Å². The van der Waals surface area contributed by atoms with Crippen LogP contribution in [0.3, 0.4) is 0 Å². The molecule has 1 atom stereocenters. The molecule has 3 rings (SSSR count). The maximum absolute atomic E-state index is 11.5. The van der Waals surface area contributed by atoms with E-state index in [1.807, 2.05) is 11.6 Å². The van der Waals surface area contributed by atoms with Gasteiger partial charge >= 0.3 is 5.97 Å². The largest absolute Gasteiger partial charge is 0.476 e. The lowest BCUT2D eigenvalue weighted by Crippen LogP contribution is -2.35. The van der Waals surface area contributed by atoms with Crippen LogP contribution in [-0.2, 0) is 25.9 Å². The van der Waals surface area contributed by atoms with E-state index in [-0.39, 0.29) is 11.7 Å². The monoisotopic (exact) mass is 329 g/mol. The zero-order valence-electron chi connectivity index (χ0n) is 14.1. The standard InChI is InChI=1S/C17H23N5O2/c1-3-6-22-15-5-4-12(7-14(15)16(21-22)17(23)24)20-10-13-9-18-11(2)8-19-13/h8-9,12,20H,3-7,10H2,1-2H3,(H,23,24). The number of aryl methyl sites for hydroxylation is 2. The summed E-state index contributed by atoms with van der Waals surface area (Å²) in [5.74, 6) is -0.939. The Bertz CT molecular complexity index is 723. The van der Waals surface area contributed by atoms with Crippen LogP contribution in [0.25, 0.3) is 0 Å². The molecule has 7 heteroatoms. The summed E-state index contributed by atoms with van der Waals surface area (Å²) in [5.41, 5.74) is 3.97. The van der Waals surface area contributed by atoms with Crippen molar-refractivity contribution in [3.63, 3.8) is 0 Å². The molecule has 2 heterocycles. The van der Waals surface area contributed by atoms with Gasteiger partial charge in [0.15, 0.2) is 5.69 Å². The van der Waals surface area contributed by atoms with Crippen molar-refractivity contribution in [2.45, 2.75) is 58.7 Å². The topological polar surface area (TPSA) is 92.9 Å². The zero-order chi connectivity index (χ0) is 17.1. The number of aromatic carboxylic acids is 1. The fourth-order valence-corrected chi connectivity index (χ4v) is 3.19. The number of nitrogens with zero attached hydrogens (tertiary/aromatic N) is 4. The molecule has 128 valence electrons. The van der Waals surface area contributed by atoms with Gasteiger partial charge in [-0.2, -0.15) is 5.10 Å². The van der Waals surface area contributed by atoms with E-state index in [1.165, 1.54) is 0 Å². The van der Waals surface area contributed by atoms with Crippen molar-refractivity contribution < 1.29 is 9.90 Å². The van der Waals surface area contributed by atoms with Crippen LogP contribution in [0.4, 0.5) is 0 Å². The van der Waals surface area contributed by atoms with Gasteiger partial charge in [0.05, 0.1) is 11.4 Å². The second-order valence-corrected chi connectivity index (χ2v) is 6.27. The van der Waals surface area contributed by atoms with Crippen LogP contribution in [0, 0.1) is 6.92 Å². The van der Waals surface area contributed by atoms with Gasteiger partial charge in [0, 0.05) is 42.8 Å². The maximum Gasteiger partial charge on any atom is 0.356 e. The molecule has 2 N–H and O–H groups in total. The lowest BCUT2D eigenvalue weighted by molar-refractivity contribution is 0.0688. The third-order valence-electron chi connectivity index (χ3n) is 4.39. The average molecular weight is 329 g/mol. The van der Waals surface area contributed by atoms with Crippen molar-refractivity contribution in [2.75, 3.05) is 0 Å². The van der Waals surface area contributed by atoms with Crippen molar-refractivity contribution in [1.29, 1.82) is 0 Å². The molecule has 1 unspecified atom stereocenters. The lowest BCUT2D eigenvalue weighted by atomic mass is 9.91. The van der Waals surface area contributed by atoms with Crippen LogP contribution in [-0.4, -0.2) is 36.9 Å². The van der Waals surface area contributed by atoms with E-state index < -0.39 is 5.97 Å². The molecule has 0 amide bonds. The Morgan fingerprint density at radius 1 is 1.42 bits per heavy atom. The third-order valence-corrected chi connectivity index (χ3v) is 4.39. The molecule has 24 heavy (non-hydrogen) atoms. The number of carboxylic acid groups (broad SMARTS) is 1. The van der Waals surface area contributed by atoms with E-state index >= 15 is 0 Å². The summed E-state index contributed by atoms with van der Waals surface area (Å²) >= 11 is 0. The van der Waals surface area contributed by atoms with Gasteiger partial charge < -0.3 is 10.4 Å². The van der Waals surface area contributed by atoms with E-state index in [1.54, 1.807) is 12.4 Å². The molecular weight excluding hydrogens is 306 g/mol. The molecule has 2 aromatic rings. The Hall–Kier alpha value is -2.28. The van der Waals surface area contributed by atoms with E-state index in [0.29, 0.717) is 13.0 Å². The van der Waals surface area contributed by atoms with Crippen LogP contribution < -0.4 is 5.32 Å². The van der Waals surface area contributed by atoms with Gasteiger partial charge in [-0.15, -0.1) is 0 Å². The Morgan fingerprint density at radius 3 is 2.92 bits per heavy atom. The average Bonchev–Trinajstić information content (AvgIpc) is 2.93. The molecule has 0 saturated carbocycles. The van der Waals surface area contributed by atoms with Crippen LogP contribution >= 0.6 is 0 Å². The molecule has 1 aliphatic carbocycles. The highest BCUT2D eigenvalue weighted by molar-refractivity contribution is 5.87. The van der Waals surface area contributed by atoms with Crippen molar-refractivity contribution >= 4 is 5.97 Å². The smallest absolute Gasteiger partial charge is 0.356 e. The SMILES string of the molecule is CCCn1nc(C(=O)O)c2c1CCC(NCc1cnc(C)cn1)C2. The van der Waals surface area contributed by atoms with Crippen LogP contribution in [0.2, 0.25) is 0 Å². The lowest BCUT2D eigenvalue weighted by Gasteiger charge is -2.24. The molecule has 7 nitrogen and oxygen atoms in total. The second-order valence-electron chi connectivity index (χ2n) is 6.27. The number of hydrogen-bond donors (Lipinski definition) is 2. The first-order chi connectivity index (χ1) is 11.6. The van der Waals surface area contributed by atoms with Crippen molar-refractivity contribution in [3.8, 4) is 0 Å². The highest BCUT2D eigenvalue weighted by Gasteiger charge is 2.28. The molecule has 0 aromatic carbocycles. The molecule has 2 aromatic heterocycles. The molecule has 0 aliphatic heterocycles. The Balaban J connectivity index is 1.71. The van der Waals surface area contributed by atoms with E-state index in [0.717, 1.165) is 48.5 Å². The fraction of sp³-hybridized carbons (Fsp3) is 0.529. The van der Waals surface area contributed by atoms with Crippen LogP contribution in [0.5, 0.6) is 0 Å². The van der Waals surface area contributed by atoms with E-state index in [4.69, 9.17) is 0 Å². The normalized spacial score (nSPS) is 16.8. The minimum atomic E-state index is -0.939. The second kappa shape index (κ2) is 7.09.